The van der Waals surface area contributed by atoms with Crippen LogP contribution in [0.5, 0.6) is 0 Å². The first kappa shape index (κ1) is 14.8. The number of aliphatic carboxylic acids is 1. The van der Waals surface area contributed by atoms with E-state index in [0.29, 0.717) is 6.54 Å². The van der Waals surface area contributed by atoms with Crippen LogP contribution in [0.4, 0.5) is 0 Å². The Bertz CT molecular complexity index is 361. The lowest BCUT2D eigenvalue weighted by Crippen LogP contribution is -2.37. The van der Waals surface area contributed by atoms with Crippen molar-refractivity contribution in [1.29, 1.82) is 0 Å². The smallest absolute Gasteiger partial charge is 0.303 e. The zero-order valence-electron chi connectivity index (χ0n) is 9.94. The molecule has 0 aromatic rings. The molecule has 0 amide bonds. The average Bonchev–Trinajstić information content (AvgIpc) is 2.63. The van der Waals surface area contributed by atoms with E-state index in [-0.39, 0.29) is 23.3 Å². The van der Waals surface area contributed by atoms with Crippen LogP contribution in [0.3, 0.4) is 0 Å². The number of sulfonamides is 1. The van der Waals surface area contributed by atoms with Gasteiger partial charge in [0.05, 0.1) is 5.75 Å². The number of thioether (sulfide) groups is 1. The molecule has 1 rings (SSSR count). The van der Waals surface area contributed by atoms with Crippen molar-refractivity contribution in [2.45, 2.75) is 37.4 Å². The topological polar surface area (TPSA) is 83.5 Å². The van der Waals surface area contributed by atoms with Crippen molar-refractivity contribution in [1.82, 2.24) is 4.72 Å². The fourth-order valence-electron chi connectivity index (χ4n) is 1.72. The van der Waals surface area contributed by atoms with Gasteiger partial charge in [0.1, 0.15) is 0 Å². The third-order valence-corrected chi connectivity index (χ3v) is 5.72. The van der Waals surface area contributed by atoms with Crippen molar-refractivity contribution in [3.8, 4) is 0 Å². The second kappa shape index (κ2) is 6.06. The van der Waals surface area contributed by atoms with Crippen molar-refractivity contribution in [2.24, 2.45) is 0 Å². The third kappa shape index (κ3) is 5.74. The number of rotatable bonds is 7. The molecule has 0 aromatic heterocycles. The van der Waals surface area contributed by atoms with Gasteiger partial charge in [0.15, 0.2) is 0 Å². The zero-order valence-corrected chi connectivity index (χ0v) is 11.6. The van der Waals surface area contributed by atoms with Crippen LogP contribution in [0, 0.1) is 0 Å². The second-order valence-corrected chi connectivity index (χ2v) is 8.15. The zero-order chi connectivity index (χ0) is 12.9. The van der Waals surface area contributed by atoms with Gasteiger partial charge in [-0.25, -0.2) is 13.1 Å². The molecule has 2 N–H and O–H groups in total. The number of nitrogens with one attached hydrogen (secondary N) is 1. The molecule has 0 aromatic carbocycles. The van der Waals surface area contributed by atoms with Crippen LogP contribution >= 0.6 is 11.8 Å². The minimum Gasteiger partial charge on any atom is -0.481 e. The predicted octanol–water partition coefficient (Wildman–Crippen LogP) is 1.06. The Kier molecular flexibility index (Phi) is 5.27. The summed E-state index contributed by atoms with van der Waals surface area (Å²) in [6.45, 7) is 2.50. The molecule has 0 bridgehead atoms. The van der Waals surface area contributed by atoms with Gasteiger partial charge in [-0.1, -0.05) is 0 Å². The SMILES string of the molecule is CC1(CNS(=O)(=O)CCCC(=O)O)CCCS1. The Balaban J connectivity index is 2.31. The number of hydrogen-bond acceptors (Lipinski definition) is 4. The summed E-state index contributed by atoms with van der Waals surface area (Å²) in [5.74, 6) is 0.00982. The van der Waals surface area contributed by atoms with Crippen molar-refractivity contribution in [2.75, 3.05) is 18.1 Å². The Hall–Kier alpha value is -0.270. The van der Waals surface area contributed by atoms with Gasteiger partial charge >= 0.3 is 5.97 Å². The molecule has 7 heteroatoms. The van der Waals surface area contributed by atoms with Crippen LogP contribution in [-0.2, 0) is 14.8 Å². The number of carbonyl (C=O) groups is 1. The van der Waals surface area contributed by atoms with Crippen LogP contribution in [0.2, 0.25) is 0 Å². The van der Waals surface area contributed by atoms with Gasteiger partial charge in [-0.3, -0.25) is 4.79 Å². The molecule has 1 saturated heterocycles. The van der Waals surface area contributed by atoms with Crippen molar-refractivity contribution in [3.05, 3.63) is 0 Å². The van der Waals surface area contributed by atoms with E-state index in [1.54, 1.807) is 11.8 Å². The van der Waals surface area contributed by atoms with Gasteiger partial charge in [0.2, 0.25) is 10.0 Å². The van der Waals surface area contributed by atoms with Crippen LogP contribution in [-0.4, -0.2) is 42.3 Å². The number of carboxylic acid groups (broad SMARTS) is 1. The normalized spacial score (nSPS) is 25.0. The summed E-state index contributed by atoms with van der Waals surface area (Å²) in [7, 11) is -3.33. The minimum atomic E-state index is -3.33. The van der Waals surface area contributed by atoms with Gasteiger partial charge in [0, 0.05) is 17.7 Å². The quantitative estimate of drug-likeness (QED) is 0.729. The maximum Gasteiger partial charge on any atom is 0.303 e. The Morgan fingerprint density at radius 3 is 2.76 bits per heavy atom. The maximum absolute atomic E-state index is 11.6. The molecule has 5 nitrogen and oxygen atoms in total. The first-order valence-corrected chi connectivity index (χ1v) is 8.30. The van der Waals surface area contributed by atoms with Gasteiger partial charge in [-0.05, 0) is 31.9 Å². The highest BCUT2D eigenvalue weighted by atomic mass is 32.2. The van der Waals surface area contributed by atoms with E-state index in [4.69, 9.17) is 5.11 Å². The first-order valence-electron chi connectivity index (χ1n) is 5.66. The monoisotopic (exact) mass is 281 g/mol. The fraction of sp³-hybridized carbons (Fsp3) is 0.900. The summed E-state index contributed by atoms with van der Waals surface area (Å²) in [6, 6.07) is 0. The van der Waals surface area contributed by atoms with E-state index < -0.39 is 16.0 Å². The number of carboxylic acids is 1. The highest BCUT2D eigenvalue weighted by Crippen LogP contribution is 2.37. The van der Waals surface area contributed by atoms with E-state index in [0.717, 1.165) is 18.6 Å². The molecule has 0 aliphatic carbocycles. The molecule has 1 aliphatic rings. The highest BCUT2D eigenvalue weighted by molar-refractivity contribution is 8.01. The van der Waals surface area contributed by atoms with Crippen LogP contribution in [0.1, 0.15) is 32.6 Å². The molecule has 1 fully saturated rings. The maximum atomic E-state index is 11.6. The Morgan fingerprint density at radius 1 is 1.53 bits per heavy atom. The summed E-state index contributed by atoms with van der Waals surface area (Å²) in [5, 5.41) is 8.44. The van der Waals surface area contributed by atoms with E-state index >= 15 is 0 Å². The Morgan fingerprint density at radius 2 is 2.24 bits per heavy atom. The first-order chi connectivity index (χ1) is 7.83. The van der Waals surface area contributed by atoms with Gasteiger partial charge < -0.3 is 5.11 Å². The summed E-state index contributed by atoms with van der Waals surface area (Å²) in [6.07, 6.45) is 2.21. The van der Waals surface area contributed by atoms with Crippen LogP contribution in [0.25, 0.3) is 0 Å². The van der Waals surface area contributed by atoms with E-state index in [1.165, 1.54) is 0 Å². The van der Waals surface area contributed by atoms with Gasteiger partial charge in [-0.2, -0.15) is 11.8 Å². The average molecular weight is 281 g/mol. The molecule has 0 radical (unpaired) electrons. The molecular weight excluding hydrogens is 262 g/mol. The van der Waals surface area contributed by atoms with E-state index in [1.807, 2.05) is 0 Å². The van der Waals surface area contributed by atoms with Crippen molar-refractivity contribution >= 4 is 27.8 Å². The van der Waals surface area contributed by atoms with Gasteiger partial charge in [0.25, 0.3) is 0 Å². The lowest BCUT2D eigenvalue weighted by atomic mass is 10.1. The molecule has 0 saturated carbocycles. The second-order valence-electron chi connectivity index (χ2n) is 4.54. The molecular formula is C10H19NO4S2. The van der Waals surface area contributed by atoms with Crippen LogP contribution < -0.4 is 4.72 Å². The molecule has 0 spiro atoms. The largest absolute Gasteiger partial charge is 0.481 e. The molecule has 1 heterocycles. The van der Waals surface area contributed by atoms with Crippen LogP contribution in [0.15, 0.2) is 0 Å². The third-order valence-electron chi connectivity index (χ3n) is 2.77. The van der Waals surface area contributed by atoms with Crippen molar-refractivity contribution < 1.29 is 18.3 Å². The van der Waals surface area contributed by atoms with Gasteiger partial charge in [-0.15, -0.1) is 0 Å². The molecule has 1 unspecified atom stereocenters. The molecule has 1 atom stereocenters. The number of hydrogen-bond donors (Lipinski definition) is 2. The lowest BCUT2D eigenvalue weighted by Gasteiger charge is -2.22. The molecule has 17 heavy (non-hydrogen) atoms. The summed E-state index contributed by atoms with van der Waals surface area (Å²) >= 11 is 1.79. The minimum absolute atomic E-state index is 0.000131. The fourth-order valence-corrected chi connectivity index (χ4v) is 4.27. The standard InChI is InChI=1S/C10H19NO4S2/c1-10(5-3-6-16-10)8-11-17(14,15)7-2-4-9(12)13/h11H,2-8H2,1H3,(H,12,13). The Labute approximate surface area is 106 Å². The van der Waals surface area contributed by atoms with Crippen molar-refractivity contribution in [3.63, 3.8) is 0 Å². The molecule has 1 aliphatic heterocycles. The lowest BCUT2D eigenvalue weighted by molar-refractivity contribution is -0.137. The van der Waals surface area contributed by atoms with E-state index in [2.05, 4.69) is 11.6 Å². The highest BCUT2D eigenvalue weighted by Gasteiger charge is 2.30. The summed E-state index contributed by atoms with van der Waals surface area (Å²) in [5.41, 5.74) is 0. The molecule has 100 valence electrons. The summed E-state index contributed by atoms with van der Waals surface area (Å²) < 4.78 is 25.8. The van der Waals surface area contributed by atoms with E-state index in [9.17, 15) is 13.2 Å². The predicted molar refractivity (Wildman–Crippen MR) is 68.8 cm³/mol. The summed E-state index contributed by atoms with van der Waals surface area (Å²) in [4.78, 5) is 10.3.